The van der Waals surface area contributed by atoms with Gasteiger partial charge in [-0.1, -0.05) is 15.9 Å². The number of rotatable bonds is 7. The number of ether oxygens (including phenoxy) is 2. The van der Waals surface area contributed by atoms with Crippen molar-refractivity contribution in [3.63, 3.8) is 0 Å². The molecule has 0 atom stereocenters. The van der Waals surface area contributed by atoms with Crippen molar-refractivity contribution in [2.45, 2.75) is 4.90 Å². The van der Waals surface area contributed by atoms with Crippen LogP contribution in [0.3, 0.4) is 0 Å². The van der Waals surface area contributed by atoms with Gasteiger partial charge >= 0.3 is 5.97 Å². The van der Waals surface area contributed by atoms with E-state index in [4.69, 9.17) is 9.47 Å². The highest BCUT2D eigenvalue weighted by Gasteiger charge is 2.31. The van der Waals surface area contributed by atoms with E-state index >= 15 is 0 Å². The van der Waals surface area contributed by atoms with Crippen molar-refractivity contribution >= 4 is 55.0 Å². The molecule has 1 aromatic carbocycles. The van der Waals surface area contributed by atoms with Crippen molar-refractivity contribution in [3.8, 4) is 5.75 Å². The van der Waals surface area contributed by atoms with Crippen molar-refractivity contribution in [3.05, 3.63) is 45.1 Å². The molecule has 1 saturated heterocycles. The summed E-state index contributed by atoms with van der Waals surface area (Å²) >= 11 is 6.14. The number of hydrogen-bond acceptors (Lipinski definition) is 7. The second-order valence-electron chi connectivity index (χ2n) is 5.57. The summed E-state index contributed by atoms with van der Waals surface area (Å²) < 4.78 is 38.7. The van der Waals surface area contributed by atoms with Crippen LogP contribution >= 0.6 is 39.0 Å². The minimum Gasteiger partial charge on any atom is -0.490 e. The van der Waals surface area contributed by atoms with Crippen molar-refractivity contribution in [2.75, 3.05) is 37.8 Å². The Labute approximate surface area is 175 Å². The van der Waals surface area contributed by atoms with Gasteiger partial charge in [-0.25, -0.2) is 13.2 Å². The largest absolute Gasteiger partial charge is 0.490 e. The monoisotopic (exact) mass is 491 g/mol. The van der Waals surface area contributed by atoms with E-state index in [0.717, 1.165) is 27.3 Å². The summed E-state index contributed by atoms with van der Waals surface area (Å²) in [5.74, 6) is 1.54. The van der Waals surface area contributed by atoms with Crippen LogP contribution in [0.25, 0.3) is 0 Å². The highest BCUT2D eigenvalue weighted by atomic mass is 79.9. The van der Waals surface area contributed by atoms with Gasteiger partial charge in [0.2, 0.25) is 10.0 Å². The lowest BCUT2D eigenvalue weighted by molar-refractivity contribution is 0.0452. The van der Waals surface area contributed by atoms with E-state index in [1.54, 1.807) is 29.3 Å². The van der Waals surface area contributed by atoms with Crippen molar-refractivity contribution in [1.82, 2.24) is 4.31 Å². The molecular formula is C17H18BrNO5S3. The molecule has 0 saturated carbocycles. The smallest absolute Gasteiger partial charge is 0.349 e. The zero-order chi connectivity index (χ0) is 19.3. The Balaban J connectivity index is 1.57. The van der Waals surface area contributed by atoms with Gasteiger partial charge in [-0.3, -0.25) is 0 Å². The van der Waals surface area contributed by atoms with Gasteiger partial charge in [0, 0.05) is 29.1 Å². The van der Waals surface area contributed by atoms with E-state index in [2.05, 4.69) is 15.9 Å². The van der Waals surface area contributed by atoms with Crippen LogP contribution in [0, 0.1) is 0 Å². The number of thioether (sulfide) groups is 1. The number of hydrogen-bond donors (Lipinski definition) is 0. The number of thiophene rings is 1. The van der Waals surface area contributed by atoms with Crippen molar-refractivity contribution < 1.29 is 22.7 Å². The van der Waals surface area contributed by atoms with Gasteiger partial charge in [-0.05, 0) is 35.7 Å². The van der Waals surface area contributed by atoms with Crippen LogP contribution in [0.1, 0.15) is 9.67 Å². The molecule has 2 heterocycles. The topological polar surface area (TPSA) is 72.9 Å². The molecule has 10 heteroatoms. The minimum absolute atomic E-state index is 0.0261. The van der Waals surface area contributed by atoms with Crippen LogP contribution in [-0.4, -0.2) is 56.5 Å². The van der Waals surface area contributed by atoms with E-state index < -0.39 is 16.0 Å². The standard InChI is InChI=1S/C17H18BrNO5S3/c18-13-1-3-14(4-2-13)23-8-9-24-17(20)16-15(5-10-26-16)27(21,22)19-6-11-25-12-7-19/h1-5,10H,6-9,11-12H2. The first-order valence-electron chi connectivity index (χ1n) is 8.19. The summed E-state index contributed by atoms with van der Waals surface area (Å²) in [7, 11) is -3.68. The molecule has 1 aliphatic heterocycles. The first-order chi connectivity index (χ1) is 13.0. The molecule has 146 valence electrons. The fourth-order valence-corrected chi connectivity index (χ4v) is 6.59. The van der Waals surface area contributed by atoms with Crippen molar-refractivity contribution in [2.24, 2.45) is 0 Å². The molecule has 0 radical (unpaired) electrons. The lowest BCUT2D eigenvalue weighted by Gasteiger charge is -2.25. The minimum atomic E-state index is -3.68. The Bertz CT molecular complexity index is 876. The van der Waals surface area contributed by atoms with Crippen LogP contribution in [-0.2, 0) is 14.8 Å². The van der Waals surface area contributed by atoms with Gasteiger partial charge in [0.15, 0.2) is 0 Å². The second-order valence-corrected chi connectivity index (χ2v) is 10.5. The number of carbonyl (C=O) groups is 1. The van der Waals surface area contributed by atoms with E-state index in [1.807, 2.05) is 12.1 Å². The maximum Gasteiger partial charge on any atom is 0.349 e. The molecule has 27 heavy (non-hydrogen) atoms. The summed E-state index contributed by atoms with van der Waals surface area (Å²) in [4.78, 5) is 12.5. The molecule has 0 spiro atoms. The zero-order valence-corrected chi connectivity index (χ0v) is 18.3. The summed E-state index contributed by atoms with van der Waals surface area (Å²) in [6, 6.07) is 8.77. The molecule has 0 bridgehead atoms. The van der Waals surface area contributed by atoms with E-state index in [0.29, 0.717) is 18.8 Å². The van der Waals surface area contributed by atoms with E-state index in [1.165, 1.54) is 10.4 Å². The van der Waals surface area contributed by atoms with Gasteiger partial charge in [0.1, 0.15) is 28.7 Å². The summed E-state index contributed by atoms with van der Waals surface area (Å²) in [5.41, 5.74) is 0. The SMILES string of the molecule is O=C(OCCOc1ccc(Br)cc1)c1sccc1S(=O)(=O)N1CCSCC1. The summed E-state index contributed by atoms with van der Waals surface area (Å²) in [6.07, 6.45) is 0. The van der Waals surface area contributed by atoms with Crippen LogP contribution in [0.5, 0.6) is 5.75 Å². The molecule has 1 aliphatic rings. The number of benzene rings is 1. The number of sulfonamides is 1. The third-order valence-electron chi connectivity index (χ3n) is 3.80. The fourth-order valence-electron chi connectivity index (χ4n) is 2.47. The third kappa shape index (κ3) is 5.26. The molecule has 1 fully saturated rings. The highest BCUT2D eigenvalue weighted by molar-refractivity contribution is 9.10. The van der Waals surface area contributed by atoms with Crippen LogP contribution in [0.2, 0.25) is 0 Å². The van der Waals surface area contributed by atoms with Crippen LogP contribution in [0.4, 0.5) is 0 Å². The molecule has 0 N–H and O–H groups in total. The molecule has 0 aliphatic carbocycles. The number of nitrogens with zero attached hydrogens (tertiary/aromatic N) is 1. The lowest BCUT2D eigenvalue weighted by Crippen LogP contribution is -2.38. The number of halogens is 1. The zero-order valence-electron chi connectivity index (χ0n) is 14.3. The molecular weight excluding hydrogens is 474 g/mol. The summed E-state index contributed by atoms with van der Waals surface area (Å²) in [6.45, 7) is 1.13. The Kier molecular flexibility index (Phi) is 7.21. The molecule has 6 nitrogen and oxygen atoms in total. The van der Waals surface area contributed by atoms with E-state index in [-0.39, 0.29) is 23.0 Å². The first-order valence-corrected chi connectivity index (χ1v) is 12.5. The Morgan fingerprint density at radius 1 is 1.11 bits per heavy atom. The Morgan fingerprint density at radius 3 is 2.52 bits per heavy atom. The maximum absolute atomic E-state index is 12.8. The Morgan fingerprint density at radius 2 is 1.81 bits per heavy atom. The number of esters is 1. The van der Waals surface area contributed by atoms with Crippen molar-refractivity contribution in [1.29, 1.82) is 0 Å². The Hall–Kier alpha value is -1.07. The molecule has 2 aromatic rings. The third-order valence-corrected chi connectivity index (χ3v) is 8.24. The molecule has 0 amide bonds. The van der Waals surface area contributed by atoms with Gasteiger partial charge in [0.05, 0.1) is 0 Å². The molecule has 1 aromatic heterocycles. The van der Waals surface area contributed by atoms with Crippen LogP contribution in [0.15, 0.2) is 45.1 Å². The predicted octanol–water partition coefficient (Wildman–Crippen LogP) is 3.48. The fraction of sp³-hybridized carbons (Fsp3) is 0.353. The average Bonchev–Trinajstić information content (AvgIpc) is 3.18. The first kappa shape index (κ1) is 20.7. The molecule has 3 rings (SSSR count). The van der Waals surface area contributed by atoms with Gasteiger partial charge in [0.25, 0.3) is 0 Å². The van der Waals surface area contributed by atoms with Gasteiger partial charge < -0.3 is 9.47 Å². The second kappa shape index (κ2) is 9.42. The van der Waals surface area contributed by atoms with Gasteiger partial charge in [-0.2, -0.15) is 16.1 Å². The predicted molar refractivity (Wildman–Crippen MR) is 110 cm³/mol. The quantitative estimate of drug-likeness (QED) is 0.436. The summed E-state index contributed by atoms with van der Waals surface area (Å²) in [5, 5.41) is 1.60. The normalized spacial score (nSPS) is 15.4. The molecule has 0 unspecified atom stereocenters. The van der Waals surface area contributed by atoms with Gasteiger partial charge in [-0.15, -0.1) is 11.3 Å². The van der Waals surface area contributed by atoms with Crippen LogP contribution < -0.4 is 4.74 Å². The lowest BCUT2D eigenvalue weighted by atomic mass is 10.3. The highest BCUT2D eigenvalue weighted by Crippen LogP contribution is 2.27. The maximum atomic E-state index is 12.8. The average molecular weight is 492 g/mol. The van der Waals surface area contributed by atoms with E-state index in [9.17, 15) is 13.2 Å². The number of carbonyl (C=O) groups excluding carboxylic acids is 1.